The van der Waals surface area contributed by atoms with Crippen LogP contribution in [0.25, 0.3) is 0 Å². The third kappa shape index (κ3) is 3.52. The van der Waals surface area contributed by atoms with E-state index in [0.29, 0.717) is 10.7 Å². The summed E-state index contributed by atoms with van der Waals surface area (Å²) in [6.07, 6.45) is 2.41. The number of carbonyl (C=O) groups excluding carboxylic acids is 2. The molecule has 0 radical (unpaired) electrons. The summed E-state index contributed by atoms with van der Waals surface area (Å²) in [6.45, 7) is 0. The number of Topliss-reactive ketones (excluding diaryl/α,β-unsaturated/α-hetero) is 1. The van der Waals surface area contributed by atoms with Gasteiger partial charge in [-0.1, -0.05) is 11.6 Å². The van der Waals surface area contributed by atoms with Crippen LogP contribution < -0.4 is 5.32 Å². The number of ether oxygens (including phenoxy) is 1. The van der Waals surface area contributed by atoms with E-state index >= 15 is 0 Å². The van der Waals surface area contributed by atoms with E-state index in [4.69, 9.17) is 21.6 Å². The minimum atomic E-state index is -1.59. The van der Waals surface area contributed by atoms with Gasteiger partial charge in [-0.25, -0.2) is 0 Å². The summed E-state index contributed by atoms with van der Waals surface area (Å²) in [5, 5.41) is 21.6. The molecule has 0 saturated heterocycles. The summed E-state index contributed by atoms with van der Waals surface area (Å²) in [5.74, 6) is -3.20. The standard InChI is InChI=1S/C15H11ClN2O4/c16-9-3-5-10(6-4-9)18-14(20)12(8-17)13(19)11-2-1-7-22-15(11)21/h1-7,12,15,21H,(H,18,20). The van der Waals surface area contributed by atoms with Crippen molar-refractivity contribution in [2.75, 3.05) is 5.32 Å². The zero-order valence-electron chi connectivity index (χ0n) is 11.2. The van der Waals surface area contributed by atoms with E-state index in [1.165, 1.54) is 18.4 Å². The second kappa shape index (κ2) is 6.89. The number of nitrogens with one attached hydrogen (secondary N) is 1. The molecule has 2 N–H and O–H groups in total. The van der Waals surface area contributed by atoms with Crippen LogP contribution in [0.15, 0.2) is 48.3 Å². The van der Waals surface area contributed by atoms with Crippen LogP contribution in [-0.4, -0.2) is 23.1 Å². The zero-order chi connectivity index (χ0) is 16.1. The first-order chi connectivity index (χ1) is 10.5. The lowest BCUT2D eigenvalue weighted by Gasteiger charge is -2.18. The molecule has 0 saturated carbocycles. The lowest BCUT2D eigenvalue weighted by Crippen LogP contribution is -2.33. The summed E-state index contributed by atoms with van der Waals surface area (Å²) >= 11 is 5.73. The van der Waals surface area contributed by atoms with Crippen molar-refractivity contribution >= 4 is 29.0 Å². The van der Waals surface area contributed by atoms with Gasteiger partial charge in [0.25, 0.3) is 0 Å². The summed E-state index contributed by atoms with van der Waals surface area (Å²) in [6, 6.07) is 7.84. The molecule has 1 aliphatic rings. The molecule has 0 aromatic heterocycles. The van der Waals surface area contributed by atoms with Gasteiger partial charge in [0.05, 0.1) is 17.9 Å². The third-order valence-electron chi connectivity index (χ3n) is 2.88. The predicted octanol–water partition coefficient (Wildman–Crippen LogP) is 1.78. The van der Waals surface area contributed by atoms with Gasteiger partial charge in [-0.3, -0.25) is 9.59 Å². The van der Waals surface area contributed by atoms with Crippen molar-refractivity contribution in [1.29, 1.82) is 5.26 Å². The highest BCUT2D eigenvalue weighted by atomic mass is 35.5. The van der Waals surface area contributed by atoms with Crippen molar-refractivity contribution < 1.29 is 19.4 Å². The molecule has 0 spiro atoms. The predicted molar refractivity (Wildman–Crippen MR) is 78.5 cm³/mol. The number of nitrogens with zero attached hydrogens (tertiary/aromatic N) is 1. The van der Waals surface area contributed by atoms with Crippen molar-refractivity contribution in [2.24, 2.45) is 5.92 Å². The molecule has 1 aromatic rings. The van der Waals surface area contributed by atoms with E-state index in [9.17, 15) is 14.7 Å². The minimum Gasteiger partial charge on any atom is -0.468 e. The summed E-state index contributed by atoms with van der Waals surface area (Å²) < 4.78 is 4.75. The number of hydrogen-bond donors (Lipinski definition) is 2. The van der Waals surface area contributed by atoms with Gasteiger partial charge in [0.15, 0.2) is 11.7 Å². The van der Waals surface area contributed by atoms with Crippen molar-refractivity contribution in [3.05, 3.63) is 53.3 Å². The maximum absolute atomic E-state index is 12.2. The van der Waals surface area contributed by atoms with Crippen LogP contribution in [0.3, 0.4) is 0 Å². The Hall–Kier alpha value is -2.62. The molecule has 0 aliphatic carbocycles. The molecular formula is C15H11ClN2O4. The zero-order valence-corrected chi connectivity index (χ0v) is 11.9. The van der Waals surface area contributed by atoms with Crippen LogP contribution in [0.2, 0.25) is 5.02 Å². The average Bonchev–Trinajstić information content (AvgIpc) is 2.50. The molecule has 1 amide bonds. The van der Waals surface area contributed by atoms with Gasteiger partial charge < -0.3 is 15.2 Å². The Labute approximate surface area is 131 Å². The SMILES string of the molecule is N#CC(C(=O)Nc1ccc(Cl)cc1)C(=O)C1=CC=COC1O. The van der Waals surface area contributed by atoms with Gasteiger partial charge in [-0.2, -0.15) is 5.26 Å². The number of carbonyl (C=O) groups is 2. The second-order valence-corrected chi connectivity index (χ2v) is 4.80. The first-order valence-electron chi connectivity index (χ1n) is 6.23. The normalized spacial score (nSPS) is 17.7. The fraction of sp³-hybridized carbons (Fsp3) is 0.133. The summed E-state index contributed by atoms with van der Waals surface area (Å²) in [5.41, 5.74) is 0.247. The molecule has 2 atom stereocenters. The van der Waals surface area contributed by atoms with E-state index in [-0.39, 0.29) is 5.57 Å². The van der Waals surface area contributed by atoms with Crippen LogP contribution in [0.1, 0.15) is 0 Å². The Kier molecular flexibility index (Phi) is 4.94. The summed E-state index contributed by atoms with van der Waals surface area (Å²) in [4.78, 5) is 24.2. The lowest BCUT2D eigenvalue weighted by molar-refractivity contribution is -0.129. The van der Waals surface area contributed by atoms with Gasteiger partial charge in [0.1, 0.15) is 0 Å². The highest BCUT2D eigenvalue weighted by Gasteiger charge is 2.33. The van der Waals surface area contributed by atoms with Crippen molar-refractivity contribution in [3.63, 3.8) is 0 Å². The number of aliphatic hydroxyl groups is 1. The molecule has 0 fully saturated rings. The number of amides is 1. The third-order valence-corrected chi connectivity index (χ3v) is 3.13. The van der Waals surface area contributed by atoms with Crippen LogP contribution in [0.4, 0.5) is 5.69 Å². The van der Waals surface area contributed by atoms with Crippen molar-refractivity contribution in [3.8, 4) is 6.07 Å². The molecule has 2 unspecified atom stereocenters. The van der Waals surface area contributed by atoms with E-state index in [1.54, 1.807) is 30.3 Å². The van der Waals surface area contributed by atoms with E-state index in [1.807, 2.05) is 0 Å². The number of halogens is 1. The molecule has 7 heteroatoms. The molecular weight excluding hydrogens is 308 g/mol. The second-order valence-electron chi connectivity index (χ2n) is 4.36. The molecule has 6 nitrogen and oxygen atoms in total. The van der Waals surface area contributed by atoms with Gasteiger partial charge in [-0.15, -0.1) is 0 Å². The Morgan fingerprint density at radius 2 is 2.05 bits per heavy atom. The molecule has 22 heavy (non-hydrogen) atoms. The number of hydrogen-bond acceptors (Lipinski definition) is 5. The van der Waals surface area contributed by atoms with Crippen LogP contribution in [0.5, 0.6) is 0 Å². The number of ketones is 1. The minimum absolute atomic E-state index is 0.152. The first kappa shape index (κ1) is 15.8. The van der Waals surface area contributed by atoms with Gasteiger partial charge >= 0.3 is 0 Å². The smallest absolute Gasteiger partial charge is 0.249 e. The van der Waals surface area contributed by atoms with Crippen molar-refractivity contribution in [2.45, 2.75) is 6.29 Å². The average molecular weight is 319 g/mol. The van der Waals surface area contributed by atoms with Crippen molar-refractivity contribution in [1.82, 2.24) is 0 Å². The highest BCUT2D eigenvalue weighted by Crippen LogP contribution is 2.18. The molecule has 0 bridgehead atoms. The monoisotopic (exact) mass is 318 g/mol. The molecule has 1 aliphatic heterocycles. The number of anilines is 1. The molecule has 2 rings (SSSR count). The maximum atomic E-state index is 12.2. The molecule has 1 heterocycles. The van der Waals surface area contributed by atoms with Gasteiger partial charge in [0, 0.05) is 10.7 Å². The van der Waals surface area contributed by atoms with E-state index in [2.05, 4.69) is 5.32 Å². The van der Waals surface area contributed by atoms with Gasteiger partial charge in [-0.05, 0) is 36.4 Å². The van der Waals surface area contributed by atoms with E-state index in [0.717, 1.165) is 0 Å². The Morgan fingerprint density at radius 1 is 1.36 bits per heavy atom. The molecule has 112 valence electrons. The fourth-order valence-electron chi connectivity index (χ4n) is 1.77. The van der Waals surface area contributed by atoms with Crippen LogP contribution in [-0.2, 0) is 14.3 Å². The van der Waals surface area contributed by atoms with E-state index < -0.39 is 23.9 Å². The lowest BCUT2D eigenvalue weighted by atomic mass is 9.96. The highest BCUT2D eigenvalue weighted by molar-refractivity contribution is 6.30. The quantitative estimate of drug-likeness (QED) is 0.824. The maximum Gasteiger partial charge on any atom is 0.249 e. The number of aliphatic hydroxyl groups excluding tert-OH is 1. The molecule has 1 aromatic carbocycles. The van der Waals surface area contributed by atoms with Crippen LogP contribution in [0, 0.1) is 17.2 Å². The fourth-order valence-corrected chi connectivity index (χ4v) is 1.90. The van der Waals surface area contributed by atoms with Crippen LogP contribution >= 0.6 is 11.6 Å². The number of allylic oxidation sites excluding steroid dienone is 2. The summed E-state index contributed by atoms with van der Waals surface area (Å²) in [7, 11) is 0. The first-order valence-corrected chi connectivity index (χ1v) is 6.61. The Balaban J connectivity index is 2.14. The number of rotatable bonds is 4. The Bertz CT molecular complexity index is 688. The Morgan fingerprint density at radius 3 is 2.64 bits per heavy atom. The topological polar surface area (TPSA) is 99.4 Å². The largest absolute Gasteiger partial charge is 0.468 e. The number of nitriles is 1. The van der Waals surface area contributed by atoms with Gasteiger partial charge in [0.2, 0.25) is 12.2 Å². The number of benzene rings is 1.